The van der Waals surface area contributed by atoms with Crippen molar-refractivity contribution in [1.29, 1.82) is 0 Å². The van der Waals surface area contributed by atoms with Gasteiger partial charge >= 0.3 is 0 Å². The van der Waals surface area contributed by atoms with Crippen LogP contribution in [0.25, 0.3) is 16.7 Å². The van der Waals surface area contributed by atoms with Crippen molar-refractivity contribution < 1.29 is 18.7 Å². The molecular weight excluding hydrogens is 482 g/mol. The Kier molecular flexibility index (Phi) is 6.17. The molecule has 0 radical (unpaired) electrons. The summed E-state index contributed by atoms with van der Waals surface area (Å²) in [6.45, 7) is 2.83. The van der Waals surface area contributed by atoms with E-state index in [4.69, 9.17) is 23.7 Å². The quantitative estimate of drug-likeness (QED) is 0.295. The standard InChI is InChI=1S/C29H27N5O4/c1-19-15-33(18-30-19)24-13-12-23(31-29(24)36-3)28-32-37-17-25(27-14-21-6-4-5-7-26(21)38-27)34(28)16-20-8-10-22(35-2)11-9-20/h4-15,18,25H,16-17H2,1-3H3/t25-/m1/s1. The second kappa shape index (κ2) is 9.93. The van der Waals surface area contributed by atoms with E-state index >= 15 is 0 Å². The van der Waals surface area contributed by atoms with Crippen LogP contribution < -0.4 is 9.47 Å². The van der Waals surface area contributed by atoms with E-state index < -0.39 is 0 Å². The number of benzene rings is 2. The molecule has 3 aromatic heterocycles. The van der Waals surface area contributed by atoms with Crippen molar-refractivity contribution >= 4 is 16.8 Å². The number of furan rings is 1. The van der Waals surface area contributed by atoms with Crippen LogP contribution in [0.4, 0.5) is 0 Å². The van der Waals surface area contributed by atoms with Gasteiger partial charge in [-0.15, -0.1) is 0 Å². The lowest BCUT2D eigenvalue weighted by molar-refractivity contribution is 0.0500. The predicted molar refractivity (Wildman–Crippen MR) is 143 cm³/mol. The van der Waals surface area contributed by atoms with Crippen LogP contribution in [0.15, 0.2) is 88.8 Å². The largest absolute Gasteiger partial charge is 0.497 e. The third-order valence-electron chi connectivity index (χ3n) is 6.57. The number of nitrogens with zero attached hydrogens (tertiary/aromatic N) is 5. The van der Waals surface area contributed by atoms with Crippen LogP contribution in [-0.2, 0) is 11.4 Å². The van der Waals surface area contributed by atoms with Gasteiger partial charge in [-0.1, -0.05) is 35.5 Å². The highest BCUT2D eigenvalue weighted by Gasteiger charge is 2.33. The van der Waals surface area contributed by atoms with Gasteiger partial charge in [-0.3, -0.25) is 0 Å². The summed E-state index contributed by atoms with van der Waals surface area (Å²) in [6.07, 6.45) is 3.66. The van der Waals surface area contributed by atoms with Crippen LogP contribution in [0.1, 0.15) is 28.8 Å². The third-order valence-corrected chi connectivity index (χ3v) is 6.57. The molecule has 0 N–H and O–H groups in total. The number of amidine groups is 1. The number of fused-ring (bicyclic) bond motifs is 1. The zero-order valence-electron chi connectivity index (χ0n) is 21.4. The van der Waals surface area contributed by atoms with E-state index in [1.807, 2.05) is 78.4 Å². The van der Waals surface area contributed by atoms with Crippen molar-refractivity contribution in [2.75, 3.05) is 20.8 Å². The van der Waals surface area contributed by atoms with Crippen molar-refractivity contribution in [3.8, 4) is 17.3 Å². The average Bonchev–Trinajstić information content (AvgIpc) is 3.59. The molecule has 2 aromatic carbocycles. The van der Waals surface area contributed by atoms with E-state index in [2.05, 4.69) is 21.1 Å². The Morgan fingerprint density at radius 1 is 1.00 bits per heavy atom. The number of hydrogen-bond donors (Lipinski definition) is 0. The summed E-state index contributed by atoms with van der Waals surface area (Å²) in [5.41, 5.74) is 4.22. The zero-order valence-corrected chi connectivity index (χ0v) is 21.4. The van der Waals surface area contributed by atoms with E-state index in [0.717, 1.165) is 39.4 Å². The van der Waals surface area contributed by atoms with Gasteiger partial charge in [0.25, 0.3) is 0 Å². The molecule has 9 nitrogen and oxygen atoms in total. The molecule has 0 unspecified atom stereocenters. The number of aromatic nitrogens is 3. The number of aryl methyl sites for hydroxylation is 1. The Morgan fingerprint density at radius 2 is 1.84 bits per heavy atom. The second-order valence-corrected chi connectivity index (χ2v) is 9.04. The van der Waals surface area contributed by atoms with Crippen LogP contribution in [0, 0.1) is 6.92 Å². The second-order valence-electron chi connectivity index (χ2n) is 9.04. The van der Waals surface area contributed by atoms with Gasteiger partial charge in [0.05, 0.1) is 26.2 Å². The number of imidazole rings is 1. The topological polar surface area (TPSA) is 87.1 Å². The average molecular weight is 510 g/mol. The molecule has 4 heterocycles. The molecule has 6 rings (SSSR count). The van der Waals surface area contributed by atoms with E-state index in [0.29, 0.717) is 30.6 Å². The molecule has 0 spiro atoms. The highest BCUT2D eigenvalue weighted by atomic mass is 16.6. The maximum Gasteiger partial charge on any atom is 0.238 e. The summed E-state index contributed by atoms with van der Waals surface area (Å²) in [4.78, 5) is 17.1. The summed E-state index contributed by atoms with van der Waals surface area (Å²) in [6, 6.07) is 21.7. The van der Waals surface area contributed by atoms with Gasteiger partial charge in [-0.25, -0.2) is 9.97 Å². The Bertz CT molecular complexity index is 1570. The maximum absolute atomic E-state index is 6.27. The lowest BCUT2D eigenvalue weighted by Gasteiger charge is -2.35. The molecule has 1 aliphatic rings. The molecule has 0 bridgehead atoms. The van der Waals surface area contributed by atoms with Gasteiger partial charge in [-0.2, -0.15) is 0 Å². The van der Waals surface area contributed by atoms with Crippen LogP contribution >= 0.6 is 0 Å². The van der Waals surface area contributed by atoms with Crippen molar-refractivity contribution in [2.24, 2.45) is 5.16 Å². The lowest BCUT2D eigenvalue weighted by atomic mass is 10.1. The van der Waals surface area contributed by atoms with E-state index in [-0.39, 0.29) is 6.04 Å². The molecule has 9 heteroatoms. The Hall–Kier alpha value is -4.79. The highest BCUT2D eigenvalue weighted by Crippen LogP contribution is 2.33. The van der Waals surface area contributed by atoms with Crippen LogP contribution in [0.3, 0.4) is 0 Å². The van der Waals surface area contributed by atoms with Crippen LogP contribution in [0.5, 0.6) is 11.6 Å². The van der Waals surface area contributed by atoms with E-state index in [1.54, 1.807) is 20.5 Å². The lowest BCUT2D eigenvalue weighted by Crippen LogP contribution is -2.40. The Balaban J connectivity index is 1.41. The fourth-order valence-electron chi connectivity index (χ4n) is 4.63. The van der Waals surface area contributed by atoms with E-state index in [9.17, 15) is 0 Å². The first-order valence-electron chi connectivity index (χ1n) is 12.3. The summed E-state index contributed by atoms with van der Waals surface area (Å²) in [5, 5.41) is 5.50. The van der Waals surface area contributed by atoms with Crippen LogP contribution in [-0.4, -0.2) is 46.1 Å². The maximum atomic E-state index is 6.27. The van der Waals surface area contributed by atoms with Gasteiger partial charge < -0.3 is 28.2 Å². The zero-order chi connectivity index (χ0) is 26.1. The van der Waals surface area contributed by atoms with Gasteiger partial charge in [0, 0.05) is 18.1 Å². The fraction of sp³-hybridized carbons (Fsp3) is 0.207. The molecule has 0 saturated carbocycles. The number of hydrogen-bond acceptors (Lipinski definition) is 8. The fourth-order valence-corrected chi connectivity index (χ4v) is 4.63. The monoisotopic (exact) mass is 509 g/mol. The Morgan fingerprint density at radius 3 is 2.58 bits per heavy atom. The molecule has 5 aromatic rings. The summed E-state index contributed by atoms with van der Waals surface area (Å²) in [5.74, 6) is 2.64. The molecule has 192 valence electrons. The summed E-state index contributed by atoms with van der Waals surface area (Å²) >= 11 is 0. The van der Waals surface area contributed by atoms with Crippen molar-refractivity contribution in [2.45, 2.75) is 19.5 Å². The van der Waals surface area contributed by atoms with Crippen molar-refractivity contribution in [1.82, 2.24) is 19.4 Å². The first kappa shape index (κ1) is 23.6. The molecule has 1 aliphatic heterocycles. The van der Waals surface area contributed by atoms with Crippen molar-refractivity contribution in [3.63, 3.8) is 0 Å². The number of rotatable bonds is 7. The molecular formula is C29H27N5O4. The van der Waals surface area contributed by atoms with Gasteiger partial charge in [0.1, 0.15) is 41.1 Å². The van der Waals surface area contributed by atoms with Gasteiger partial charge in [-0.05, 0) is 48.9 Å². The number of oxime groups is 1. The Labute approximate surface area is 219 Å². The smallest absolute Gasteiger partial charge is 0.238 e. The summed E-state index contributed by atoms with van der Waals surface area (Å²) in [7, 11) is 3.26. The molecule has 38 heavy (non-hydrogen) atoms. The minimum absolute atomic E-state index is 0.222. The number of methoxy groups -OCH3 is 2. The van der Waals surface area contributed by atoms with Crippen molar-refractivity contribution in [3.05, 3.63) is 102 Å². The number of pyridine rings is 1. The molecule has 0 aliphatic carbocycles. The van der Waals surface area contributed by atoms with Gasteiger partial charge in [0.15, 0.2) is 5.84 Å². The third kappa shape index (κ3) is 4.43. The SMILES string of the molecule is COc1ccc(CN2C(c3ccc(-n4cnc(C)c4)c(OC)n3)=NOC[C@@H]2c2cc3ccccc3o2)cc1. The molecule has 0 fully saturated rings. The van der Waals surface area contributed by atoms with E-state index in [1.165, 1.54) is 0 Å². The minimum Gasteiger partial charge on any atom is -0.497 e. The number of para-hydroxylation sites is 1. The summed E-state index contributed by atoms with van der Waals surface area (Å²) < 4.78 is 19.2. The molecule has 0 saturated heterocycles. The number of ether oxygens (including phenoxy) is 2. The van der Waals surface area contributed by atoms with Gasteiger partial charge in [0.2, 0.25) is 5.88 Å². The molecule has 1 atom stereocenters. The first-order chi connectivity index (χ1) is 18.6. The highest BCUT2D eigenvalue weighted by molar-refractivity contribution is 5.97. The first-order valence-corrected chi connectivity index (χ1v) is 12.3. The van der Waals surface area contributed by atoms with Crippen LogP contribution in [0.2, 0.25) is 0 Å². The minimum atomic E-state index is -0.222. The normalized spacial score (nSPS) is 15.3. The molecule has 0 amide bonds. The predicted octanol–water partition coefficient (Wildman–Crippen LogP) is 5.27.